The van der Waals surface area contributed by atoms with Crippen molar-refractivity contribution in [3.8, 4) is 11.5 Å². The average molecular weight is 420 g/mol. The van der Waals surface area contributed by atoms with E-state index in [2.05, 4.69) is 10.3 Å². The van der Waals surface area contributed by atoms with Crippen LogP contribution in [0, 0.1) is 0 Å². The van der Waals surface area contributed by atoms with Crippen LogP contribution in [0.1, 0.15) is 15.9 Å². The molecule has 1 aromatic heterocycles. The summed E-state index contributed by atoms with van der Waals surface area (Å²) < 4.78 is 56.9. The summed E-state index contributed by atoms with van der Waals surface area (Å²) in [6.07, 6.45) is -3.80. The molecule has 0 saturated heterocycles. The first kappa shape index (κ1) is 21.4. The summed E-state index contributed by atoms with van der Waals surface area (Å²) in [4.78, 5) is 16.7. The zero-order chi connectivity index (χ0) is 21.7. The smallest absolute Gasteiger partial charge is 0.417 e. The maximum Gasteiger partial charge on any atom is 0.417 e. The highest BCUT2D eigenvalue weighted by Gasteiger charge is 2.37. The molecule has 1 N–H and O–H groups in total. The summed E-state index contributed by atoms with van der Waals surface area (Å²) in [6.45, 7) is 0.564. The molecule has 0 aliphatic heterocycles. The number of nitrogens with one attached hydrogen (secondary N) is 1. The van der Waals surface area contributed by atoms with Gasteiger partial charge in [-0.1, -0.05) is 18.2 Å². The molecule has 0 atom stereocenters. The van der Waals surface area contributed by atoms with E-state index in [4.69, 9.17) is 14.2 Å². The normalized spacial score (nSPS) is 11.4. The number of pyridine rings is 1. The molecule has 2 aromatic carbocycles. The van der Waals surface area contributed by atoms with Crippen LogP contribution >= 0.6 is 0 Å². The molecule has 3 rings (SSSR count). The molecule has 0 radical (unpaired) electrons. The molecular weight excluding hydrogens is 401 g/mol. The van der Waals surface area contributed by atoms with E-state index in [1.165, 1.54) is 44.6 Å². The van der Waals surface area contributed by atoms with Gasteiger partial charge < -0.3 is 19.5 Å². The minimum atomic E-state index is -4.73. The van der Waals surface area contributed by atoms with Crippen LogP contribution in [0.4, 0.5) is 18.9 Å². The molecule has 0 spiro atoms. The molecule has 0 aliphatic carbocycles. The Bertz CT molecular complexity index is 1050. The second-order valence-corrected chi connectivity index (χ2v) is 6.22. The maximum absolute atomic E-state index is 13.8. The van der Waals surface area contributed by atoms with Crippen molar-refractivity contribution in [2.75, 3.05) is 32.8 Å². The van der Waals surface area contributed by atoms with E-state index in [1.807, 2.05) is 0 Å². The first-order chi connectivity index (χ1) is 14.3. The topological polar surface area (TPSA) is 69.7 Å². The van der Waals surface area contributed by atoms with Gasteiger partial charge in [0.15, 0.2) is 11.5 Å². The number of benzene rings is 2. The third-order valence-corrected chi connectivity index (χ3v) is 4.27. The Morgan fingerprint density at radius 3 is 2.53 bits per heavy atom. The third kappa shape index (κ3) is 4.62. The van der Waals surface area contributed by atoms with Gasteiger partial charge in [-0.25, -0.2) is 0 Å². The van der Waals surface area contributed by atoms with Gasteiger partial charge in [0.25, 0.3) is 5.91 Å². The minimum absolute atomic E-state index is 0.143. The first-order valence-corrected chi connectivity index (χ1v) is 8.91. The number of rotatable bonds is 7. The summed E-state index contributed by atoms with van der Waals surface area (Å²) in [7, 11) is 2.97. The van der Waals surface area contributed by atoms with Crippen molar-refractivity contribution in [2.24, 2.45) is 0 Å². The van der Waals surface area contributed by atoms with Crippen LogP contribution in [0.2, 0.25) is 0 Å². The monoisotopic (exact) mass is 420 g/mol. The van der Waals surface area contributed by atoms with E-state index < -0.39 is 23.2 Å². The van der Waals surface area contributed by atoms with E-state index in [0.29, 0.717) is 18.1 Å². The Morgan fingerprint density at radius 1 is 1.07 bits per heavy atom. The number of amides is 1. The molecular formula is C21H19F3N2O4. The van der Waals surface area contributed by atoms with Crippen molar-refractivity contribution in [2.45, 2.75) is 6.18 Å². The van der Waals surface area contributed by atoms with Crippen molar-refractivity contribution in [3.05, 3.63) is 59.8 Å². The molecule has 6 nitrogen and oxygen atoms in total. The highest BCUT2D eigenvalue weighted by molar-refractivity contribution is 6.08. The Kier molecular flexibility index (Phi) is 6.41. The van der Waals surface area contributed by atoms with Crippen molar-refractivity contribution in [3.63, 3.8) is 0 Å². The van der Waals surface area contributed by atoms with Gasteiger partial charge in [-0.15, -0.1) is 0 Å². The molecule has 0 fully saturated rings. The summed E-state index contributed by atoms with van der Waals surface area (Å²) in [5.41, 5.74) is -1.20. The van der Waals surface area contributed by atoms with E-state index in [-0.39, 0.29) is 23.2 Å². The molecule has 30 heavy (non-hydrogen) atoms. The van der Waals surface area contributed by atoms with Crippen molar-refractivity contribution >= 4 is 22.5 Å². The fraction of sp³-hybridized carbons (Fsp3) is 0.238. The standard InChI is InChI=1S/C21H19F3N2O4/c1-28-9-10-30-18-11-13(7-8-17(18)29-2)26-20(27)15-12-25-16-6-4-3-5-14(16)19(15)21(22,23)24/h3-8,11-12H,9-10H2,1-2H3,(H,26,27). The zero-order valence-corrected chi connectivity index (χ0v) is 16.2. The summed E-state index contributed by atoms with van der Waals surface area (Å²) in [5.74, 6) is -0.207. The number of alkyl halides is 3. The molecule has 0 bridgehead atoms. The van der Waals surface area contributed by atoms with E-state index in [0.717, 1.165) is 6.20 Å². The lowest BCUT2D eigenvalue weighted by Crippen LogP contribution is -2.20. The van der Waals surface area contributed by atoms with Gasteiger partial charge in [-0.3, -0.25) is 9.78 Å². The molecule has 9 heteroatoms. The number of aromatic nitrogens is 1. The number of hydrogen-bond donors (Lipinski definition) is 1. The second kappa shape index (κ2) is 9.00. The van der Waals surface area contributed by atoms with Gasteiger partial charge in [0.1, 0.15) is 6.61 Å². The zero-order valence-electron chi connectivity index (χ0n) is 16.2. The largest absolute Gasteiger partial charge is 0.493 e. The van der Waals surface area contributed by atoms with E-state index in [1.54, 1.807) is 12.1 Å². The number of halogens is 3. The van der Waals surface area contributed by atoms with Gasteiger partial charge in [0, 0.05) is 30.4 Å². The van der Waals surface area contributed by atoms with Gasteiger partial charge in [-0.2, -0.15) is 13.2 Å². The van der Waals surface area contributed by atoms with E-state index in [9.17, 15) is 18.0 Å². The first-order valence-electron chi connectivity index (χ1n) is 8.91. The number of methoxy groups -OCH3 is 2. The van der Waals surface area contributed by atoms with Crippen LogP contribution in [0.3, 0.4) is 0 Å². The lowest BCUT2D eigenvalue weighted by atomic mass is 10.0. The lowest BCUT2D eigenvalue weighted by Gasteiger charge is -2.16. The number of ether oxygens (including phenoxy) is 3. The predicted molar refractivity (Wildman–Crippen MR) is 105 cm³/mol. The van der Waals surface area contributed by atoms with Crippen LogP contribution in [-0.4, -0.2) is 38.3 Å². The fourth-order valence-electron chi connectivity index (χ4n) is 2.92. The molecule has 0 unspecified atom stereocenters. The second-order valence-electron chi connectivity index (χ2n) is 6.22. The van der Waals surface area contributed by atoms with Crippen molar-refractivity contribution in [1.82, 2.24) is 4.98 Å². The molecule has 0 aliphatic rings. The van der Waals surface area contributed by atoms with Crippen molar-refractivity contribution < 1.29 is 32.2 Å². The van der Waals surface area contributed by atoms with Crippen molar-refractivity contribution in [1.29, 1.82) is 0 Å². The van der Waals surface area contributed by atoms with E-state index >= 15 is 0 Å². The Hall–Kier alpha value is -3.33. The molecule has 158 valence electrons. The number of carbonyl (C=O) groups excluding carboxylic acids is 1. The van der Waals surface area contributed by atoms with Gasteiger partial charge in [-0.05, 0) is 18.2 Å². The van der Waals surface area contributed by atoms with Crippen LogP contribution in [-0.2, 0) is 10.9 Å². The van der Waals surface area contributed by atoms with Crippen LogP contribution in [0.5, 0.6) is 11.5 Å². The highest BCUT2D eigenvalue weighted by Crippen LogP contribution is 2.37. The number of para-hydroxylation sites is 1. The maximum atomic E-state index is 13.8. The third-order valence-electron chi connectivity index (χ3n) is 4.27. The van der Waals surface area contributed by atoms with Crippen LogP contribution < -0.4 is 14.8 Å². The number of carbonyl (C=O) groups is 1. The molecule has 0 saturated carbocycles. The number of nitrogens with zero attached hydrogens (tertiary/aromatic N) is 1. The SMILES string of the molecule is COCCOc1cc(NC(=O)c2cnc3ccccc3c2C(F)(F)F)ccc1OC. The molecule has 3 aromatic rings. The minimum Gasteiger partial charge on any atom is -0.493 e. The average Bonchev–Trinajstić information content (AvgIpc) is 2.72. The number of hydrogen-bond acceptors (Lipinski definition) is 5. The summed E-state index contributed by atoms with van der Waals surface area (Å²) in [5, 5.41) is 2.33. The quantitative estimate of drug-likeness (QED) is 0.569. The molecule has 1 amide bonds. The Morgan fingerprint density at radius 2 is 1.83 bits per heavy atom. The fourth-order valence-corrected chi connectivity index (χ4v) is 2.92. The Labute approximate surface area is 170 Å². The number of fused-ring (bicyclic) bond motifs is 1. The Balaban J connectivity index is 1.95. The van der Waals surface area contributed by atoms with Crippen LogP contribution in [0.25, 0.3) is 10.9 Å². The highest BCUT2D eigenvalue weighted by atomic mass is 19.4. The lowest BCUT2D eigenvalue weighted by molar-refractivity contribution is -0.136. The predicted octanol–water partition coefficient (Wildman–Crippen LogP) is 4.54. The van der Waals surface area contributed by atoms with Gasteiger partial charge >= 0.3 is 6.18 Å². The summed E-state index contributed by atoms with van der Waals surface area (Å²) >= 11 is 0. The van der Waals surface area contributed by atoms with Gasteiger partial charge in [0.05, 0.1) is 30.4 Å². The number of anilines is 1. The van der Waals surface area contributed by atoms with Crippen LogP contribution in [0.15, 0.2) is 48.7 Å². The summed E-state index contributed by atoms with van der Waals surface area (Å²) in [6, 6.07) is 10.3. The molecule has 1 heterocycles. The van der Waals surface area contributed by atoms with Gasteiger partial charge in [0.2, 0.25) is 0 Å².